The third-order valence-electron chi connectivity index (χ3n) is 3.18. The molecule has 0 spiro atoms. The molecule has 6 heteroatoms. The van der Waals surface area contributed by atoms with Crippen molar-refractivity contribution >= 4 is 11.7 Å². The molecule has 1 N–H and O–H groups in total. The smallest absolute Gasteiger partial charge is 0.335 e. The van der Waals surface area contributed by atoms with Crippen LogP contribution in [0.3, 0.4) is 0 Å². The number of benzene rings is 2. The molecule has 2 rings (SSSR count). The topological polar surface area (TPSA) is 68.2 Å². The van der Waals surface area contributed by atoms with Crippen LogP contribution < -0.4 is 19.1 Å². The Balaban J connectivity index is 0.000000272. The summed E-state index contributed by atoms with van der Waals surface area (Å²) in [5, 5.41) is 8.84. The fourth-order valence-corrected chi connectivity index (χ4v) is 1.93. The van der Waals surface area contributed by atoms with Crippen LogP contribution in [0.4, 0.5) is 5.69 Å². The van der Waals surface area contributed by atoms with Crippen LogP contribution in [0.2, 0.25) is 0 Å². The maximum atomic E-state index is 10.8. The zero-order valence-corrected chi connectivity index (χ0v) is 14.6. The molecule has 6 nitrogen and oxygen atoms in total. The molecule has 0 bridgehead atoms. The van der Waals surface area contributed by atoms with Crippen LogP contribution in [-0.2, 0) is 0 Å². The van der Waals surface area contributed by atoms with Crippen molar-refractivity contribution < 1.29 is 24.1 Å². The second-order valence-electron chi connectivity index (χ2n) is 4.95. The van der Waals surface area contributed by atoms with Gasteiger partial charge in [-0.2, -0.15) is 0 Å². The van der Waals surface area contributed by atoms with E-state index in [0.29, 0.717) is 17.2 Å². The fraction of sp³-hybridized carbons (Fsp3) is 0.278. The third kappa shape index (κ3) is 5.08. The molecule has 2 aromatic rings. The number of hydrogen-bond acceptors (Lipinski definition) is 5. The number of hydrogen-bond donors (Lipinski definition) is 1. The Morgan fingerprint density at radius 3 is 1.71 bits per heavy atom. The molecule has 0 unspecified atom stereocenters. The number of ether oxygens (including phenoxy) is 3. The van der Waals surface area contributed by atoms with Crippen molar-refractivity contribution in [3.63, 3.8) is 0 Å². The first-order chi connectivity index (χ1) is 11.4. The van der Waals surface area contributed by atoms with Gasteiger partial charge in [0.15, 0.2) is 11.5 Å². The highest BCUT2D eigenvalue weighted by Gasteiger charge is 2.15. The predicted octanol–water partition coefficient (Wildman–Crippen LogP) is 3.16. The van der Waals surface area contributed by atoms with Crippen LogP contribution in [0.1, 0.15) is 10.4 Å². The number of carboxylic acids is 1. The molecular formula is C18H23NO5. The van der Waals surface area contributed by atoms with Crippen LogP contribution in [0.15, 0.2) is 42.5 Å². The summed E-state index contributed by atoms with van der Waals surface area (Å²) in [5.41, 5.74) is 1.34. The molecule has 0 aromatic heterocycles. The minimum Gasteiger partial charge on any atom is -0.493 e. The number of aromatic carboxylic acids is 1. The van der Waals surface area contributed by atoms with E-state index in [1.54, 1.807) is 0 Å². The van der Waals surface area contributed by atoms with Gasteiger partial charge in [-0.25, -0.2) is 4.79 Å². The van der Waals surface area contributed by atoms with E-state index < -0.39 is 5.97 Å². The molecule has 0 saturated carbocycles. The minimum absolute atomic E-state index is 0.0875. The normalized spacial score (nSPS) is 9.38. The maximum Gasteiger partial charge on any atom is 0.335 e. The van der Waals surface area contributed by atoms with E-state index in [1.807, 2.05) is 32.3 Å². The third-order valence-corrected chi connectivity index (χ3v) is 3.18. The lowest BCUT2D eigenvalue weighted by Crippen LogP contribution is -2.07. The number of para-hydroxylation sites is 1. The van der Waals surface area contributed by atoms with Gasteiger partial charge in [-0.1, -0.05) is 18.2 Å². The van der Waals surface area contributed by atoms with Crippen molar-refractivity contribution in [2.24, 2.45) is 0 Å². The second kappa shape index (κ2) is 9.29. The zero-order chi connectivity index (χ0) is 18.1. The van der Waals surface area contributed by atoms with Crippen molar-refractivity contribution in [2.45, 2.75) is 0 Å². The first-order valence-corrected chi connectivity index (χ1v) is 7.20. The molecule has 24 heavy (non-hydrogen) atoms. The summed E-state index contributed by atoms with van der Waals surface area (Å²) < 4.78 is 15.1. The van der Waals surface area contributed by atoms with E-state index in [9.17, 15) is 4.79 Å². The van der Waals surface area contributed by atoms with Crippen molar-refractivity contribution in [1.82, 2.24) is 0 Å². The van der Waals surface area contributed by atoms with Crippen molar-refractivity contribution in [3.05, 3.63) is 48.0 Å². The molecule has 130 valence electrons. The van der Waals surface area contributed by atoms with Gasteiger partial charge in [-0.15, -0.1) is 0 Å². The van der Waals surface area contributed by atoms with Crippen LogP contribution in [0.25, 0.3) is 0 Å². The van der Waals surface area contributed by atoms with Gasteiger partial charge in [0, 0.05) is 19.8 Å². The molecule has 0 atom stereocenters. The lowest BCUT2D eigenvalue weighted by molar-refractivity contribution is 0.0696. The van der Waals surface area contributed by atoms with Crippen LogP contribution in [0, 0.1) is 0 Å². The summed E-state index contributed by atoms with van der Waals surface area (Å²) in [6, 6.07) is 13.0. The molecule has 2 aromatic carbocycles. The number of nitrogens with zero attached hydrogens (tertiary/aromatic N) is 1. The Morgan fingerprint density at radius 1 is 0.917 bits per heavy atom. The standard InChI is InChI=1S/C10H12O5.C8H11N/c1-13-7-4-6(10(11)12)5-8(14-2)9(7)15-3;1-9(2)8-6-4-3-5-7-8/h4-5H,1-3H3,(H,11,12);3-7H,1-2H3. The van der Waals surface area contributed by atoms with Gasteiger partial charge >= 0.3 is 5.97 Å². The average molecular weight is 333 g/mol. The van der Waals surface area contributed by atoms with Gasteiger partial charge in [-0.05, 0) is 24.3 Å². The Kier molecular flexibility index (Phi) is 7.42. The molecule has 0 fully saturated rings. The van der Waals surface area contributed by atoms with E-state index in [-0.39, 0.29) is 5.56 Å². The Hall–Kier alpha value is -2.89. The van der Waals surface area contributed by atoms with Crippen LogP contribution in [0.5, 0.6) is 17.2 Å². The van der Waals surface area contributed by atoms with Crippen molar-refractivity contribution in [1.29, 1.82) is 0 Å². The number of carbonyl (C=O) groups is 1. The molecule has 0 saturated heterocycles. The van der Waals surface area contributed by atoms with Gasteiger partial charge in [0.1, 0.15) is 0 Å². The predicted molar refractivity (Wildman–Crippen MR) is 93.8 cm³/mol. The van der Waals surface area contributed by atoms with Crippen LogP contribution in [-0.4, -0.2) is 46.5 Å². The summed E-state index contributed by atoms with van der Waals surface area (Å²) in [6.07, 6.45) is 0. The SMILES string of the molecule is CN(C)c1ccccc1.COc1cc(C(=O)O)cc(OC)c1OC. The van der Waals surface area contributed by atoms with E-state index in [0.717, 1.165) is 0 Å². The lowest BCUT2D eigenvalue weighted by Gasteiger charge is -2.12. The van der Waals surface area contributed by atoms with Crippen molar-refractivity contribution in [3.8, 4) is 17.2 Å². The molecule has 0 heterocycles. The number of rotatable bonds is 5. The molecular weight excluding hydrogens is 310 g/mol. The molecule has 0 aliphatic rings. The zero-order valence-electron chi connectivity index (χ0n) is 14.6. The van der Waals surface area contributed by atoms with Gasteiger partial charge in [0.05, 0.1) is 26.9 Å². The van der Waals surface area contributed by atoms with Gasteiger partial charge in [0.25, 0.3) is 0 Å². The molecule has 0 amide bonds. The summed E-state index contributed by atoms with van der Waals surface area (Å²) in [4.78, 5) is 12.9. The highest BCUT2D eigenvalue weighted by molar-refractivity contribution is 5.89. The number of carboxylic acid groups (broad SMARTS) is 1. The largest absolute Gasteiger partial charge is 0.493 e. The lowest BCUT2D eigenvalue weighted by atomic mass is 10.2. The fourth-order valence-electron chi connectivity index (χ4n) is 1.93. The number of anilines is 1. The van der Waals surface area contributed by atoms with E-state index in [4.69, 9.17) is 19.3 Å². The summed E-state index contributed by atoms with van der Waals surface area (Å²) in [5.74, 6) is -0.0113. The Morgan fingerprint density at radius 2 is 1.42 bits per heavy atom. The summed E-state index contributed by atoms with van der Waals surface area (Å²) in [7, 11) is 8.40. The number of methoxy groups -OCH3 is 3. The molecule has 0 radical (unpaired) electrons. The average Bonchev–Trinajstić information content (AvgIpc) is 2.61. The monoisotopic (exact) mass is 333 g/mol. The van der Waals surface area contributed by atoms with Gasteiger partial charge < -0.3 is 24.2 Å². The molecule has 0 aliphatic heterocycles. The van der Waals surface area contributed by atoms with E-state index >= 15 is 0 Å². The van der Waals surface area contributed by atoms with Gasteiger partial charge in [-0.3, -0.25) is 0 Å². The second-order valence-corrected chi connectivity index (χ2v) is 4.95. The summed E-state index contributed by atoms with van der Waals surface area (Å²) in [6.45, 7) is 0. The maximum absolute atomic E-state index is 10.8. The minimum atomic E-state index is -1.05. The quantitative estimate of drug-likeness (QED) is 0.906. The summed E-state index contributed by atoms with van der Waals surface area (Å²) >= 11 is 0. The highest BCUT2D eigenvalue weighted by Crippen LogP contribution is 2.38. The van der Waals surface area contributed by atoms with Crippen molar-refractivity contribution in [2.75, 3.05) is 40.3 Å². The Bertz CT molecular complexity index is 631. The first-order valence-electron chi connectivity index (χ1n) is 7.20. The molecule has 0 aliphatic carbocycles. The first kappa shape index (κ1) is 19.2. The van der Waals surface area contributed by atoms with Crippen LogP contribution >= 0.6 is 0 Å². The van der Waals surface area contributed by atoms with E-state index in [1.165, 1.54) is 39.1 Å². The highest BCUT2D eigenvalue weighted by atomic mass is 16.5. The van der Waals surface area contributed by atoms with E-state index in [2.05, 4.69) is 17.0 Å². The van der Waals surface area contributed by atoms with Gasteiger partial charge in [0.2, 0.25) is 5.75 Å². The Labute approximate surface area is 142 Å².